The fourth-order valence-corrected chi connectivity index (χ4v) is 1.75. The monoisotopic (exact) mass is 214 g/mol. The van der Waals surface area contributed by atoms with Gasteiger partial charge in [-0.2, -0.15) is 4.98 Å². The van der Waals surface area contributed by atoms with E-state index >= 15 is 0 Å². The van der Waals surface area contributed by atoms with Crippen molar-refractivity contribution in [1.82, 2.24) is 10.1 Å². The maximum absolute atomic E-state index is 5.55. The van der Waals surface area contributed by atoms with Crippen molar-refractivity contribution in [1.29, 1.82) is 0 Å². The molecule has 2 aromatic heterocycles. The summed E-state index contributed by atoms with van der Waals surface area (Å²) in [5, 5.41) is 5.82. The summed E-state index contributed by atoms with van der Waals surface area (Å²) in [6.07, 6.45) is 0.625. The molecule has 2 rings (SSSR count). The van der Waals surface area contributed by atoms with E-state index in [-0.39, 0.29) is 0 Å². The Balaban J connectivity index is 2.23. The van der Waals surface area contributed by atoms with Crippen molar-refractivity contribution in [3.8, 4) is 10.7 Å². The maximum Gasteiger partial charge on any atom is 0.228 e. The first-order chi connectivity index (χ1) is 6.40. The van der Waals surface area contributed by atoms with Crippen molar-refractivity contribution in [2.45, 2.75) is 6.42 Å². The Morgan fingerprint density at radius 3 is 3.15 bits per heavy atom. The lowest BCUT2D eigenvalue weighted by atomic mass is 10.4. The van der Waals surface area contributed by atoms with Gasteiger partial charge in [0, 0.05) is 12.3 Å². The molecule has 68 valence electrons. The number of rotatable bonds is 3. The third-order valence-corrected chi connectivity index (χ3v) is 2.57. The summed E-state index contributed by atoms with van der Waals surface area (Å²) in [4.78, 5) is 5.21. The highest BCUT2D eigenvalue weighted by Crippen LogP contribution is 2.21. The zero-order chi connectivity index (χ0) is 9.10. The second kappa shape index (κ2) is 3.89. The average molecular weight is 215 g/mol. The number of nitrogens with zero attached hydrogens (tertiary/aromatic N) is 2. The fourth-order valence-electron chi connectivity index (χ4n) is 0.943. The molecule has 2 heterocycles. The van der Waals surface area contributed by atoms with Crippen LogP contribution in [0.25, 0.3) is 10.7 Å². The van der Waals surface area contributed by atoms with Crippen LogP contribution in [-0.2, 0) is 6.42 Å². The molecule has 0 N–H and O–H groups in total. The minimum Gasteiger partial charge on any atom is -0.339 e. The second-order valence-corrected chi connectivity index (χ2v) is 3.75. The Bertz CT molecular complexity index is 371. The van der Waals surface area contributed by atoms with Crippen LogP contribution in [0.4, 0.5) is 0 Å². The molecule has 0 aliphatic carbocycles. The van der Waals surface area contributed by atoms with Crippen LogP contribution >= 0.6 is 22.9 Å². The Hall–Kier alpha value is -0.870. The van der Waals surface area contributed by atoms with E-state index in [4.69, 9.17) is 16.1 Å². The topological polar surface area (TPSA) is 38.9 Å². The van der Waals surface area contributed by atoms with Crippen LogP contribution in [0.1, 0.15) is 5.89 Å². The number of hydrogen-bond acceptors (Lipinski definition) is 4. The van der Waals surface area contributed by atoms with Gasteiger partial charge in [-0.15, -0.1) is 22.9 Å². The number of hydrogen-bond donors (Lipinski definition) is 0. The summed E-state index contributed by atoms with van der Waals surface area (Å²) < 4.78 is 4.99. The molecule has 0 saturated carbocycles. The molecule has 0 aliphatic heterocycles. The molecule has 0 aromatic carbocycles. The highest BCUT2D eigenvalue weighted by atomic mass is 35.5. The quantitative estimate of drug-likeness (QED) is 0.738. The zero-order valence-corrected chi connectivity index (χ0v) is 8.31. The van der Waals surface area contributed by atoms with E-state index in [0.717, 1.165) is 4.88 Å². The molecule has 0 unspecified atom stereocenters. The van der Waals surface area contributed by atoms with Gasteiger partial charge in [-0.25, -0.2) is 0 Å². The summed E-state index contributed by atoms with van der Waals surface area (Å²) in [5.74, 6) is 1.75. The fraction of sp³-hybridized carbons (Fsp3) is 0.250. The Morgan fingerprint density at radius 2 is 2.46 bits per heavy atom. The lowest BCUT2D eigenvalue weighted by Gasteiger charge is -1.83. The number of aromatic nitrogens is 2. The van der Waals surface area contributed by atoms with E-state index in [9.17, 15) is 0 Å². The lowest BCUT2D eigenvalue weighted by molar-refractivity contribution is 0.383. The number of halogens is 1. The van der Waals surface area contributed by atoms with E-state index < -0.39 is 0 Å². The smallest absolute Gasteiger partial charge is 0.228 e. The molecule has 0 aliphatic rings. The normalized spacial score (nSPS) is 10.5. The van der Waals surface area contributed by atoms with Gasteiger partial charge in [0.2, 0.25) is 11.7 Å². The van der Waals surface area contributed by atoms with Crippen LogP contribution in [0.3, 0.4) is 0 Å². The molecule has 3 nitrogen and oxygen atoms in total. The van der Waals surface area contributed by atoms with Gasteiger partial charge in [0.25, 0.3) is 0 Å². The summed E-state index contributed by atoms with van der Waals surface area (Å²) >= 11 is 7.13. The van der Waals surface area contributed by atoms with Gasteiger partial charge in [-0.3, -0.25) is 0 Å². The van der Waals surface area contributed by atoms with Gasteiger partial charge in [0.05, 0.1) is 4.88 Å². The van der Waals surface area contributed by atoms with Crippen molar-refractivity contribution in [2.75, 3.05) is 5.88 Å². The van der Waals surface area contributed by atoms with Gasteiger partial charge in [0.15, 0.2) is 0 Å². The van der Waals surface area contributed by atoms with E-state index in [1.54, 1.807) is 11.3 Å². The largest absolute Gasteiger partial charge is 0.339 e. The predicted molar refractivity (Wildman–Crippen MR) is 52.0 cm³/mol. The van der Waals surface area contributed by atoms with Crippen LogP contribution in [0.5, 0.6) is 0 Å². The van der Waals surface area contributed by atoms with Crippen LogP contribution in [-0.4, -0.2) is 16.0 Å². The molecule has 13 heavy (non-hydrogen) atoms. The first-order valence-electron chi connectivity index (χ1n) is 3.82. The minimum atomic E-state index is 0.506. The third kappa shape index (κ3) is 1.89. The first-order valence-corrected chi connectivity index (χ1v) is 5.24. The van der Waals surface area contributed by atoms with Crippen molar-refractivity contribution >= 4 is 22.9 Å². The minimum absolute atomic E-state index is 0.506. The van der Waals surface area contributed by atoms with Crippen LogP contribution < -0.4 is 0 Å². The van der Waals surface area contributed by atoms with E-state index in [2.05, 4.69) is 10.1 Å². The molecule has 0 spiro atoms. The highest BCUT2D eigenvalue weighted by molar-refractivity contribution is 7.13. The number of aryl methyl sites for hydroxylation is 1. The Morgan fingerprint density at radius 1 is 1.54 bits per heavy atom. The number of thiophene rings is 1. The predicted octanol–water partition coefficient (Wildman–Crippen LogP) is 2.58. The van der Waals surface area contributed by atoms with Gasteiger partial charge < -0.3 is 4.52 Å². The summed E-state index contributed by atoms with van der Waals surface area (Å²) in [6, 6.07) is 3.91. The summed E-state index contributed by atoms with van der Waals surface area (Å²) in [7, 11) is 0. The van der Waals surface area contributed by atoms with Gasteiger partial charge in [0.1, 0.15) is 0 Å². The molecule has 0 radical (unpaired) electrons. The standard InChI is InChI=1S/C8H7ClN2OS/c9-4-3-7-10-8(11-12-7)6-2-1-5-13-6/h1-2,5H,3-4H2. The van der Waals surface area contributed by atoms with E-state index in [0.29, 0.717) is 24.0 Å². The Kier molecular flexibility index (Phi) is 2.61. The summed E-state index contributed by atoms with van der Waals surface area (Å²) in [5.41, 5.74) is 0. The maximum atomic E-state index is 5.55. The molecular formula is C8H7ClN2OS. The van der Waals surface area contributed by atoms with Crippen LogP contribution in [0, 0.1) is 0 Å². The molecule has 0 bridgehead atoms. The highest BCUT2D eigenvalue weighted by Gasteiger charge is 2.07. The molecule has 2 aromatic rings. The van der Waals surface area contributed by atoms with Crippen molar-refractivity contribution in [3.63, 3.8) is 0 Å². The van der Waals surface area contributed by atoms with Crippen LogP contribution in [0.2, 0.25) is 0 Å². The van der Waals surface area contributed by atoms with E-state index in [1.807, 2.05) is 17.5 Å². The van der Waals surface area contributed by atoms with Gasteiger partial charge in [-0.05, 0) is 11.4 Å². The van der Waals surface area contributed by atoms with Gasteiger partial charge >= 0.3 is 0 Å². The second-order valence-electron chi connectivity index (χ2n) is 2.43. The average Bonchev–Trinajstić information content (AvgIpc) is 2.70. The van der Waals surface area contributed by atoms with Crippen molar-refractivity contribution < 1.29 is 4.52 Å². The summed E-state index contributed by atoms with van der Waals surface area (Å²) in [6.45, 7) is 0. The molecule has 0 saturated heterocycles. The van der Waals surface area contributed by atoms with Crippen LogP contribution in [0.15, 0.2) is 22.0 Å². The zero-order valence-electron chi connectivity index (χ0n) is 6.74. The molecule has 0 fully saturated rings. The molecule has 0 amide bonds. The van der Waals surface area contributed by atoms with Crippen molar-refractivity contribution in [3.05, 3.63) is 23.4 Å². The third-order valence-electron chi connectivity index (χ3n) is 1.52. The Labute approximate surface area is 84.3 Å². The van der Waals surface area contributed by atoms with Gasteiger partial charge in [-0.1, -0.05) is 11.2 Å². The SMILES string of the molecule is ClCCc1nc(-c2cccs2)no1. The number of alkyl halides is 1. The lowest BCUT2D eigenvalue weighted by Crippen LogP contribution is -1.84. The van der Waals surface area contributed by atoms with Crippen molar-refractivity contribution in [2.24, 2.45) is 0 Å². The molecule has 0 atom stereocenters. The molecule has 5 heteroatoms. The van der Waals surface area contributed by atoms with E-state index in [1.165, 1.54) is 0 Å². The first kappa shape index (κ1) is 8.72. The molecular weight excluding hydrogens is 208 g/mol.